The smallest absolute Gasteiger partial charge is 0.328 e. The number of aliphatic carboxylic acids is 1. The Morgan fingerprint density at radius 2 is 2.00 bits per heavy atom. The van der Waals surface area contributed by atoms with E-state index in [1.165, 1.54) is 12.5 Å². The molecule has 0 aromatic heterocycles. The summed E-state index contributed by atoms with van der Waals surface area (Å²) in [5.74, 6) is 0.608. The molecule has 1 heterocycles. The number of nitrogens with zero attached hydrogens (tertiary/aromatic N) is 1. The van der Waals surface area contributed by atoms with Gasteiger partial charge in [-0.25, -0.2) is 4.79 Å². The quantitative estimate of drug-likeness (QED) is 0.699. The molecule has 14 heavy (non-hydrogen) atoms. The van der Waals surface area contributed by atoms with Gasteiger partial charge in [0.2, 0.25) is 0 Å². The van der Waals surface area contributed by atoms with Crippen molar-refractivity contribution in [3.8, 4) is 0 Å². The Hall–Kier alpha value is -0.830. The van der Waals surface area contributed by atoms with Gasteiger partial charge in [0, 0.05) is 25.7 Å². The van der Waals surface area contributed by atoms with E-state index in [0.717, 1.165) is 31.5 Å². The van der Waals surface area contributed by atoms with Crippen LogP contribution in [0.5, 0.6) is 0 Å². The molecule has 2 atom stereocenters. The van der Waals surface area contributed by atoms with Crippen LogP contribution in [0.25, 0.3) is 0 Å². The fourth-order valence-electron chi connectivity index (χ4n) is 2.24. The fourth-order valence-corrected chi connectivity index (χ4v) is 2.24. The molecule has 0 aromatic rings. The highest BCUT2D eigenvalue weighted by atomic mass is 16.4. The minimum Gasteiger partial charge on any atom is -0.478 e. The summed E-state index contributed by atoms with van der Waals surface area (Å²) in [5, 5.41) is 8.44. The Labute approximate surface area is 85.4 Å². The van der Waals surface area contributed by atoms with E-state index >= 15 is 0 Å². The predicted octanol–water partition coefficient (Wildman–Crippen LogP) is 1.61. The zero-order valence-corrected chi connectivity index (χ0v) is 8.94. The molecule has 80 valence electrons. The summed E-state index contributed by atoms with van der Waals surface area (Å²) in [6, 6.07) is 0. The first-order chi connectivity index (χ1) is 6.58. The lowest BCUT2D eigenvalue weighted by molar-refractivity contribution is -0.131. The summed E-state index contributed by atoms with van der Waals surface area (Å²) >= 11 is 0. The highest BCUT2D eigenvalue weighted by Gasteiger charge is 2.20. The third kappa shape index (κ3) is 3.92. The summed E-state index contributed by atoms with van der Waals surface area (Å²) in [7, 11) is 0. The summed E-state index contributed by atoms with van der Waals surface area (Å²) in [6.45, 7) is 7.46. The third-order valence-electron chi connectivity index (χ3n) is 2.57. The molecule has 1 saturated heterocycles. The van der Waals surface area contributed by atoms with Crippen molar-refractivity contribution in [2.75, 3.05) is 19.6 Å². The fraction of sp³-hybridized carbons (Fsp3) is 0.727. The Morgan fingerprint density at radius 3 is 2.50 bits per heavy atom. The largest absolute Gasteiger partial charge is 0.478 e. The molecule has 1 fully saturated rings. The minimum atomic E-state index is -0.858. The first-order valence-corrected chi connectivity index (χ1v) is 5.19. The van der Waals surface area contributed by atoms with Crippen LogP contribution in [0.3, 0.4) is 0 Å². The van der Waals surface area contributed by atoms with Crippen molar-refractivity contribution in [2.24, 2.45) is 11.8 Å². The summed E-state index contributed by atoms with van der Waals surface area (Å²) in [5.41, 5.74) is 0. The zero-order chi connectivity index (χ0) is 10.6. The van der Waals surface area contributed by atoms with Crippen molar-refractivity contribution < 1.29 is 9.90 Å². The molecule has 0 bridgehead atoms. The average Bonchev–Trinajstić information content (AvgIpc) is 2.01. The van der Waals surface area contributed by atoms with Crippen LogP contribution in [0, 0.1) is 11.8 Å². The van der Waals surface area contributed by atoms with Gasteiger partial charge in [0.25, 0.3) is 0 Å². The number of carbonyl (C=O) groups is 1. The van der Waals surface area contributed by atoms with Crippen molar-refractivity contribution in [1.82, 2.24) is 4.90 Å². The Bertz CT molecular complexity index is 215. The van der Waals surface area contributed by atoms with Crippen molar-refractivity contribution >= 4 is 5.97 Å². The van der Waals surface area contributed by atoms with Crippen LogP contribution in [0.2, 0.25) is 0 Å². The normalized spacial score (nSPS) is 29.6. The van der Waals surface area contributed by atoms with Gasteiger partial charge in [-0.1, -0.05) is 19.9 Å². The number of rotatable bonds is 3. The maximum atomic E-state index is 10.3. The van der Waals surface area contributed by atoms with Crippen molar-refractivity contribution in [3.05, 3.63) is 12.2 Å². The van der Waals surface area contributed by atoms with Gasteiger partial charge in [-0.2, -0.15) is 0 Å². The SMILES string of the molecule is CC1CC(C)CN(CC=CC(=O)O)C1. The maximum Gasteiger partial charge on any atom is 0.328 e. The van der Waals surface area contributed by atoms with Gasteiger partial charge in [-0.3, -0.25) is 4.90 Å². The van der Waals surface area contributed by atoms with Crippen LogP contribution in [-0.2, 0) is 4.79 Å². The average molecular weight is 197 g/mol. The summed E-state index contributed by atoms with van der Waals surface area (Å²) in [4.78, 5) is 12.6. The molecule has 3 nitrogen and oxygen atoms in total. The molecule has 1 rings (SSSR count). The molecule has 1 aliphatic rings. The lowest BCUT2D eigenvalue weighted by atomic mass is 9.92. The van der Waals surface area contributed by atoms with Crippen molar-refractivity contribution in [3.63, 3.8) is 0 Å². The number of carboxylic acid groups (broad SMARTS) is 1. The monoisotopic (exact) mass is 197 g/mol. The lowest BCUT2D eigenvalue weighted by Gasteiger charge is -2.34. The summed E-state index contributed by atoms with van der Waals surface area (Å²) in [6.07, 6.45) is 4.25. The van der Waals surface area contributed by atoms with Crippen molar-refractivity contribution in [2.45, 2.75) is 20.3 Å². The molecule has 0 spiro atoms. The summed E-state index contributed by atoms with van der Waals surface area (Å²) < 4.78 is 0. The van der Waals surface area contributed by atoms with Crippen LogP contribution < -0.4 is 0 Å². The molecule has 2 unspecified atom stereocenters. The first-order valence-electron chi connectivity index (χ1n) is 5.19. The molecule has 0 saturated carbocycles. The standard InChI is InChI=1S/C11H19NO2/c1-9-6-10(2)8-12(7-9)5-3-4-11(13)14/h3-4,9-10H,5-8H2,1-2H3,(H,13,14). The topological polar surface area (TPSA) is 40.5 Å². The number of carboxylic acids is 1. The molecule has 1 N–H and O–H groups in total. The minimum absolute atomic E-state index is 0.733. The molecule has 0 radical (unpaired) electrons. The Balaban J connectivity index is 2.33. The van der Waals surface area contributed by atoms with Crippen LogP contribution in [-0.4, -0.2) is 35.6 Å². The number of likely N-dealkylation sites (tertiary alicyclic amines) is 1. The molecule has 3 heteroatoms. The van der Waals surface area contributed by atoms with Gasteiger partial charge in [0.05, 0.1) is 0 Å². The second-order valence-electron chi connectivity index (χ2n) is 4.41. The number of hydrogen-bond acceptors (Lipinski definition) is 2. The first kappa shape index (κ1) is 11.2. The van der Waals surface area contributed by atoms with Crippen LogP contribution >= 0.6 is 0 Å². The van der Waals surface area contributed by atoms with Crippen LogP contribution in [0.4, 0.5) is 0 Å². The van der Waals surface area contributed by atoms with E-state index in [1.807, 2.05) is 0 Å². The van der Waals surface area contributed by atoms with Crippen molar-refractivity contribution in [1.29, 1.82) is 0 Å². The highest BCUT2D eigenvalue weighted by Crippen LogP contribution is 2.20. The number of hydrogen-bond donors (Lipinski definition) is 1. The predicted molar refractivity (Wildman–Crippen MR) is 56.2 cm³/mol. The van der Waals surface area contributed by atoms with Gasteiger partial charge in [-0.05, 0) is 18.3 Å². The van der Waals surface area contributed by atoms with E-state index in [2.05, 4.69) is 18.7 Å². The van der Waals surface area contributed by atoms with E-state index in [1.54, 1.807) is 6.08 Å². The second-order valence-corrected chi connectivity index (χ2v) is 4.41. The van der Waals surface area contributed by atoms with Gasteiger partial charge < -0.3 is 5.11 Å². The van der Waals surface area contributed by atoms with E-state index in [-0.39, 0.29) is 0 Å². The van der Waals surface area contributed by atoms with E-state index < -0.39 is 5.97 Å². The highest BCUT2D eigenvalue weighted by molar-refractivity contribution is 5.79. The third-order valence-corrected chi connectivity index (χ3v) is 2.57. The second kappa shape index (κ2) is 5.15. The van der Waals surface area contributed by atoms with Crippen LogP contribution in [0.1, 0.15) is 20.3 Å². The molecule has 0 aromatic carbocycles. The lowest BCUT2D eigenvalue weighted by Crippen LogP contribution is -2.38. The Kier molecular flexibility index (Phi) is 4.14. The molecule has 0 amide bonds. The zero-order valence-electron chi connectivity index (χ0n) is 8.94. The van der Waals surface area contributed by atoms with Gasteiger partial charge in [0.1, 0.15) is 0 Å². The molecular formula is C11H19NO2. The van der Waals surface area contributed by atoms with Gasteiger partial charge in [-0.15, -0.1) is 0 Å². The van der Waals surface area contributed by atoms with Crippen LogP contribution in [0.15, 0.2) is 12.2 Å². The van der Waals surface area contributed by atoms with E-state index in [9.17, 15) is 4.79 Å². The van der Waals surface area contributed by atoms with Gasteiger partial charge >= 0.3 is 5.97 Å². The number of piperidine rings is 1. The Morgan fingerprint density at radius 1 is 1.43 bits per heavy atom. The van der Waals surface area contributed by atoms with Gasteiger partial charge in [0.15, 0.2) is 0 Å². The molecular weight excluding hydrogens is 178 g/mol. The molecule has 0 aliphatic carbocycles. The van der Waals surface area contributed by atoms with E-state index in [0.29, 0.717) is 0 Å². The molecule has 1 aliphatic heterocycles. The van der Waals surface area contributed by atoms with E-state index in [4.69, 9.17) is 5.11 Å². The maximum absolute atomic E-state index is 10.3.